The molecule has 6 nitrogen and oxygen atoms in total. The number of unbranched alkanes of at least 4 members (excludes halogenated alkanes) is 42. The minimum atomic E-state index is -0.779. The van der Waals surface area contributed by atoms with Crippen LogP contribution in [0.5, 0.6) is 0 Å². The van der Waals surface area contributed by atoms with Crippen LogP contribution < -0.4 is 0 Å². The Hall–Kier alpha value is -2.63. The van der Waals surface area contributed by atoms with Gasteiger partial charge in [0, 0.05) is 19.3 Å². The Labute approximate surface area is 467 Å². The van der Waals surface area contributed by atoms with Crippen molar-refractivity contribution in [2.45, 2.75) is 361 Å². The summed E-state index contributed by atoms with van der Waals surface area (Å²) in [7, 11) is 0. The van der Waals surface area contributed by atoms with Crippen LogP contribution in [0.2, 0.25) is 0 Å². The van der Waals surface area contributed by atoms with E-state index in [4.69, 9.17) is 14.2 Å². The van der Waals surface area contributed by atoms with Crippen LogP contribution >= 0.6 is 0 Å². The van der Waals surface area contributed by atoms with Crippen molar-refractivity contribution < 1.29 is 28.6 Å². The highest BCUT2D eigenvalue weighted by Crippen LogP contribution is 2.17. The molecular weight excluding hydrogens is 925 g/mol. The molecule has 0 aromatic heterocycles. The maximum atomic E-state index is 12.9. The normalized spacial score (nSPS) is 12.3. The Morgan fingerprint density at radius 1 is 0.267 bits per heavy atom. The first-order valence-electron chi connectivity index (χ1n) is 33.1. The maximum Gasteiger partial charge on any atom is 0.306 e. The third kappa shape index (κ3) is 62.1. The third-order valence-corrected chi connectivity index (χ3v) is 14.8. The maximum absolute atomic E-state index is 12.9. The fraction of sp³-hybridized carbons (Fsp3) is 0.841. The quantitative estimate of drug-likeness (QED) is 0.0261. The number of allylic oxidation sites excluding steroid dienone is 8. The lowest BCUT2D eigenvalue weighted by Crippen LogP contribution is -2.30. The third-order valence-electron chi connectivity index (χ3n) is 14.8. The lowest BCUT2D eigenvalue weighted by Gasteiger charge is -2.18. The second-order valence-corrected chi connectivity index (χ2v) is 22.4. The van der Waals surface area contributed by atoms with Crippen molar-refractivity contribution in [1.82, 2.24) is 0 Å². The summed E-state index contributed by atoms with van der Waals surface area (Å²) >= 11 is 0. The highest BCUT2D eigenvalue weighted by Gasteiger charge is 2.19. The summed E-state index contributed by atoms with van der Waals surface area (Å²) in [5, 5.41) is 0. The SMILES string of the molecule is CCCCCCC/C=C\C/C=C\C/C=C\CCCCCCCCC(=O)OCC(COC(=O)CCCCCCCCCCCCCCCCC)OC(=O)CCCCCCCCCCC/C=C\CCCCCCCCCC. The number of hydrogen-bond donors (Lipinski definition) is 0. The predicted molar refractivity (Wildman–Crippen MR) is 325 cm³/mol. The van der Waals surface area contributed by atoms with Gasteiger partial charge in [0.05, 0.1) is 0 Å². The Kier molecular flexibility index (Phi) is 61.7. The zero-order valence-corrected chi connectivity index (χ0v) is 50.3. The van der Waals surface area contributed by atoms with Crippen molar-refractivity contribution in [2.24, 2.45) is 0 Å². The first-order chi connectivity index (χ1) is 37.0. The predicted octanol–water partition coefficient (Wildman–Crippen LogP) is 22.6. The van der Waals surface area contributed by atoms with Gasteiger partial charge in [-0.1, -0.05) is 301 Å². The molecule has 0 aromatic carbocycles. The Morgan fingerprint density at radius 3 is 0.760 bits per heavy atom. The number of carbonyl (C=O) groups excluding carboxylic acids is 3. The van der Waals surface area contributed by atoms with Crippen LogP contribution in [-0.2, 0) is 28.6 Å². The fourth-order valence-corrected chi connectivity index (χ4v) is 9.80. The molecule has 0 heterocycles. The van der Waals surface area contributed by atoms with E-state index in [9.17, 15) is 14.4 Å². The standard InChI is InChI=1S/C69H126O6/c1-4-7-10-13-16-19-22-25-28-30-32-34-36-38-41-44-47-50-53-56-59-62-68(71)74-65-66(64-73-67(70)61-58-55-52-49-46-43-40-27-24-21-18-15-12-9-6-3)75-69(72)63-60-57-54-51-48-45-42-39-37-35-33-31-29-26-23-20-17-14-11-8-5-2/h22,25,30-33,36,38,66H,4-21,23-24,26-29,34-35,37,39-65H2,1-3H3/b25-22-,32-30-,33-31-,38-36-. The number of carbonyl (C=O) groups is 3. The smallest absolute Gasteiger partial charge is 0.306 e. The highest BCUT2D eigenvalue weighted by molar-refractivity contribution is 5.71. The molecule has 75 heavy (non-hydrogen) atoms. The Bertz CT molecular complexity index is 1300. The largest absolute Gasteiger partial charge is 0.462 e. The topological polar surface area (TPSA) is 78.9 Å². The van der Waals surface area contributed by atoms with E-state index in [0.29, 0.717) is 19.3 Å². The molecule has 0 saturated carbocycles. The van der Waals surface area contributed by atoms with Gasteiger partial charge in [-0.3, -0.25) is 14.4 Å². The lowest BCUT2D eigenvalue weighted by molar-refractivity contribution is -0.167. The van der Waals surface area contributed by atoms with E-state index in [-0.39, 0.29) is 31.1 Å². The molecule has 1 atom stereocenters. The summed E-state index contributed by atoms with van der Waals surface area (Å²) < 4.78 is 17.0. The van der Waals surface area contributed by atoms with Crippen LogP contribution in [0, 0.1) is 0 Å². The Balaban J connectivity index is 4.35. The number of rotatable bonds is 61. The average molecular weight is 1050 g/mol. The van der Waals surface area contributed by atoms with Gasteiger partial charge in [-0.25, -0.2) is 0 Å². The second-order valence-electron chi connectivity index (χ2n) is 22.4. The van der Waals surface area contributed by atoms with E-state index in [1.165, 1.54) is 238 Å². The van der Waals surface area contributed by atoms with E-state index in [1.807, 2.05) is 0 Å². The number of hydrogen-bond acceptors (Lipinski definition) is 6. The fourth-order valence-electron chi connectivity index (χ4n) is 9.80. The first kappa shape index (κ1) is 72.4. The number of ether oxygens (including phenoxy) is 3. The summed E-state index contributed by atoms with van der Waals surface area (Å²) in [6, 6.07) is 0. The highest BCUT2D eigenvalue weighted by atomic mass is 16.6. The molecule has 0 bridgehead atoms. The average Bonchev–Trinajstić information content (AvgIpc) is 3.41. The van der Waals surface area contributed by atoms with Crippen LogP contribution in [0.1, 0.15) is 355 Å². The first-order valence-corrected chi connectivity index (χ1v) is 33.1. The van der Waals surface area contributed by atoms with Gasteiger partial charge in [0.25, 0.3) is 0 Å². The van der Waals surface area contributed by atoms with E-state index >= 15 is 0 Å². The minimum Gasteiger partial charge on any atom is -0.462 e. The summed E-state index contributed by atoms with van der Waals surface area (Å²) in [6.45, 7) is 6.67. The van der Waals surface area contributed by atoms with E-state index in [0.717, 1.165) is 77.0 Å². The van der Waals surface area contributed by atoms with E-state index < -0.39 is 6.10 Å². The molecule has 0 saturated heterocycles. The van der Waals surface area contributed by atoms with Crippen molar-refractivity contribution in [3.63, 3.8) is 0 Å². The zero-order valence-electron chi connectivity index (χ0n) is 50.3. The van der Waals surface area contributed by atoms with E-state index in [2.05, 4.69) is 69.4 Å². The lowest BCUT2D eigenvalue weighted by atomic mass is 10.0. The van der Waals surface area contributed by atoms with Gasteiger partial charge in [-0.15, -0.1) is 0 Å². The van der Waals surface area contributed by atoms with Gasteiger partial charge in [0.15, 0.2) is 6.10 Å². The summed E-state index contributed by atoms with van der Waals surface area (Å²) in [5.74, 6) is -0.867. The van der Waals surface area contributed by atoms with Crippen molar-refractivity contribution in [3.8, 4) is 0 Å². The van der Waals surface area contributed by atoms with Crippen LogP contribution in [0.25, 0.3) is 0 Å². The van der Waals surface area contributed by atoms with Gasteiger partial charge in [-0.05, 0) is 83.5 Å². The molecule has 6 heteroatoms. The van der Waals surface area contributed by atoms with Crippen LogP contribution in [0.4, 0.5) is 0 Å². The van der Waals surface area contributed by atoms with Crippen molar-refractivity contribution in [1.29, 1.82) is 0 Å². The molecule has 0 aromatic rings. The van der Waals surface area contributed by atoms with Gasteiger partial charge in [0.2, 0.25) is 0 Å². The summed E-state index contributed by atoms with van der Waals surface area (Å²) in [4.78, 5) is 38.4. The summed E-state index contributed by atoms with van der Waals surface area (Å²) in [5.41, 5.74) is 0. The molecule has 0 aliphatic carbocycles. The van der Waals surface area contributed by atoms with Crippen LogP contribution in [0.3, 0.4) is 0 Å². The van der Waals surface area contributed by atoms with Gasteiger partial charge >= 0.3 is 17.9 Å². The van der Waals surface area contributed by atoms with Gasteiger partial charge in [0.1, 0.15) is 13.2 Å². The van der Waals surface area contributed by atoms with Crippen LogP contribution in [0.15, 0.2) is 48.6 Å². The molecule has 0 radical (unpaired) electrons. The minimum absolute atomic E-state index is 0.0744. The molecule has 0 N–H and O–H groups in total. The molecule has 0 spiro atoms. The second kappa shape index (κ2) is 63.9. The summed E-state index contributed by atoms with van der Waals surface area (Å²) in [6.07, 6.45) is 79.7. The Morgan fingerprint density at radius 2 is 0.480 bits per heavy atom. The van der Waals surface area contributed by atoms with Crippen molar-refractivity contribution >= 4 is 17.9 Å². The van der Waals surface area contributed by atoms with Crippen LogP contribution in [-0.4, -0.2) is 37.2 Å². The van der Waals surface area contributed by atoms with Gasteiger partial charge < -0.3 is 14.2 Å². The molecule has 0 aliphatic heterocycles. The zero-order chi connectivity index (χ0) is 54.3. The molecule has 1 unspecified atom stereocenters. The molecular formula is C69H126O6. The molecule has 0 fully saturated rings. The van der Waals surface area contributed by atoms with E-state index in [1.54, 1.807) is 0 Å². The van der Waals surface area contributed by atoms with Crippen molar-refractivity contribution in [3.05, 3.63) is 48.6 Å². The van der Waals surface area contributed by atoms with Crippen molar-refractivity contribution in [2.75, 3.05) is 13.2 Å². The molecule has 0 amide bonds. The molecule has 0 rings (SSSR count). The molecule has 0 aliphatic rings. The molecule has 438 valence electrons. The monoisotopic (exact) mass is 1050 g/mol. The van der Waals surface area contributed by atoms with Gasteiger partial charge in [-0.2, -0.15) is 0 Å². The number of esters is 3.